The molecule has 0 fully saturated rings. The van der Waals surface area contributed by atoms with Crippen LogP contribution in [0.2, 0.25) is 0 Å². The van der Waals surface area contributed by atoms with Crippen LogP contribution >= 0.6 is 0 Å². The first-order valence-corrected chi connectivity index (χ1v) is 7.55. The first-order valence-electron chi connectivity index (χ1n) is 7.55. The molecule has 0 bridgehead atoms. The van der Waals surface area contributed by atoms with Gasteiger partial charge in [0.2, 0.25) is 0 Å². The molecule has 0 aliphatic heterocycles. The largest absolute Gasteiger partial charge is 0.316 e. The summed E-state index contributed by atoms with van der Waals surface area (Å²) in [6, 6.07) is 0.675. The lowest BCUT2D eigenvalue weighted by Crippen LogP contribution is -2.43. The van der Waals surface area contributed by atoms with Gasteiger partial charge in [-0.1, -0.05) is 41.5 Å². The third-order valence-corrected chi connectivity index (χ3v) is 3.40. The summed E-state index contributed by atoms with van der Waals surface area (Å²) < 4.78 is 0. The van der Waals surface area contributed by atoms with E-state index in [4.69, 9.17) is 0 Å². The van der Waals surface area contributed by atoms with Gasteiger partial charge in [0.25, 0.3) is 0 Å². The number of nitrogens with one attached hydrogen (secondary N) is 1. The summed E-state index contributed by atoms with van der Waals surface area (Å²) >= 11 is 0. The molecule has 0 radical (unpaired) electrons. The molecule has 1 unspecified atom stereocenters. The molecular weight excluding hydrogens is 220 g/mol. The Labute approximate surface area is 116 Å². The third kappa shape index (κ3) is 8.93. The molecule has 0 aromatic carbocycles. The van der Waals surface area contributed by atoms with Crippen molar-refractivity contribution in [2.75, 3.05) is 26.7 Å². The van der Waals surface area contributed by atoms with Crippen LogP contribution in [0.1, 0.15) is 54.9 Å². The van der Waals surface area contributed by atoms with Crippen molar-refractivity contribution < 1.29 is 0 Å². The van der Waals surface area contributed by atoms with E-state index in [2.05, 4.69) is 65.7 Å². The number of hydrogen-bond donors (Lipinski definition) is 1. The van der Waals surface area contributed by atoms with Crippen molar-refractivity contribution in [3.63, 3.8) is 0 Å². The highest BCUT2D eigenvalue weighted by Crippen LogP contribution is 2.19. The fourth-order valence-corrected chi connectivity index (χ4v) is 2.45. The highest BCUT2D eigenvalue weighted by molar-refractivity contribution is 4.78. The second-order valence-corrected chi connectivity index (χ2v) is 7.58. The standard InChI is InChI=1S/C16H36N2/c1-13(2)9-15(5)18(8)12-16(6,7)11-17-10-14(3)4/h13-15,17H,9-12H2,1-8H3. The van der Waals surface area contributed by atoms with Gasteiger partial charge in [-0.3, -0.25) is 0 Å². The van der Waals surface area contributed by atoms with E-state index in [0.717, 1.165) is 31.5 Å². The minimum absolute atomic E-state index is 0.342. The van der Waals surface area contributed by atoms with Gasteiger partial charge in [-0.25, -0.2) is 0 Å². The van der Waals surface area contributed by atoms with Crippen LogP contribution in [0.5, 0.6) is 0 Å². The second kappa shape index (κ2) is 8.16. The summed E-state index contributed by atoms with van der Waals surface area (Å²) in [6.07, 6.45) is 1.28. The molecule has 0 aliphatic rings. The quantitative estimate of drug-likeness (QED) is 0.678. The zero-order valence-corrected chi connectivity index (χ0v) is 14.0. The van der Waals surface area contributed by atoms with E-state index in [1.165, 1.54) is 6.42 Å². The maximum absolute atomic E-state index is 3.58. The van der Waals surface area contributed by atoms with Crippen LogP contribution in [0, 0.1) is 17.3 Å². The van der Waals surface area contributed by atoms with E-state index >= 15 is 0 Å². The normalized spacial score (nSPS) is 14.8. The zero-order chi connectivity index (χ0) is 14.3. The average Bonchev–Trinajstić information content (AvgIpc) is 2.14. The Morgan fingerprint density at radius 1 is 1.00 bits per heavy atom. The Balaban J connectivity index is 4.05. The molecule has 110 valence electrons. The van der Waals surface area contributed by atoms with Crippen LogP contribution in [0.25, 0.3) is 0 Å². The summed E-state index contributed by atoms with van der Waals surface area (Å²) in [5, 5.41) is 3.58. The van der Waals surface area contributed by atoms with E-state index < -0.39 is 0 Å². The Morgan fingerprint density at radius 3 is 2.00 bits per heavy atom. The van der Waals surface area contributed by atoms with Gasteiger partial charge >= 0.3 is 0 Å². The lowest BCUT2D eigenvalue weighted by molar-refractivity contribution is 0.151. The first-order chi connectivity index (χ1) is 8.14. The molecule has 0 saturated carbocycles. The molecule has 0 spiro atoms. The molecule has 0 rings (SSSR count). The summed E-state index contributed by atoms with van der Waals surface area (Å²) in [5.74, 6) is 1.52. The number of hydrogen-bond acceptors (Lipinski definition) is 2. The predicted octanol–water partition coefficient (Wildman–Crippen LogP) is 3.62. The van der Waals surface area contributed by atoms with Crippen molar-refractivity contribution in [2.24, 2.45) is 17.3 Å². The van der Waals surface area contributed by atoms with Crippen molar-refractivity contribution in [3.8, 4) is 0 Å². The minimum Gasteiger partial charge on any atom is -0.316 e. The lowest BCUT2D eigenvalue weighted by atomic mass is 9.91. The molecule has 2 nitrogen and oxygen atoms in total. The maximum atomic E-state index is 3.58. The highest BCUT2D eigenvalue weighted by atomic mass is 15.1. The molecule has 2 heteroatoms. The van der Waals surface area contributed by atoms with Crippen LogP contribution < -0.4 is 5.32 Å². The van der Waals surface area contributed by atoms with E-state index in [9.17, 15) is 0 Å². The van der Waals surface area contributed by atoms with Crippen LogP contribution in [0.15, 0.2) is 0 Å². The average molecular weight is 256 g/mol. The minimum atomic E-state index is 0.342. The molecule has 1 N–H and O–H groups in total. The Bertz CT molecular complexity index is 209. The third-order valence-electron chi connectivity index (χ3n) is 3.40. The molecule has 0 aromatic rings. The molecule has 0 heterocycles. The van der Waals surface area contributed by atoms with Gasteiger partial charge in [0, 0.05) is 19.1 Å². The summed E-state index contributed by atoms with van der Waals surface area (Å²) in [6.45, 7) is 19.6. The van der Waals surface area contributed by atoms with E-state index in [-0.39, 0.29) is 0 Å². The predicted molar refractivity (Wildman–Crippen MR) is 83.0 cm³/mol. The van der Waals surface area contributed by atoms with Crippen LogP contribution in [-0.2, 0) is 0 Å². The fourth-order valence-electron chi connectivity index (χ4n) is 2.45. The Kier molecular flexibility index (Phi) is 8.13. The van der Waals surface area contributed by atoms with Crippen molar-refractivity contribution in [1.29, 1.82) is 0 Å². The molecule has 0 aromatic heterocycles. The molecule has 0 amide bonds. The van der Waals surface area contributed by atoms with Crippen molar-refractivity contribution >= 4 is 0 Å². The van der Waals surface area contributed by atoms with Gasteiger partial charge in [-0.15, -0.1) is 0 Å². The highest BCUT2D eigenvalue weighted by Gasteiger charge is 2.22. The smallest absolute Gasteiger partial charge is 0.00665 e. The Morgan fingerprint density at radius 2 is 1.56 bits per heavy atom. The van der Waals surface area contributed by atoms with Gasteiger partial charge in [-0.2, -0.15) is 0 Å². The molecule has 0 saturated heterocycles. The van der Waals surface area contributed by atoms with E-state index in [0.29, 0.717) is 11.5 Å². The summed E-state index contributed by atoms with van der Waals surface area (Å²) in [7, 11) is 2.26. The van der Waals surface area contributed by atoms with Gasteiger partial charge in [0.05, 0.1) is 0 Å². The second-order valence-electron chi connectivity index (χ2n) is 7.58. The van der Waals surface area contributed by atoms with E-state index in [1.807, 2.05) is 0 Å². The molecule has 18 heavy (non-hydrogen) atoms. The summed E-state index contributed by atoms with van der Waals surface area (Å²) in [4.78, 5) is 2.51. The fraction of sp³-hybridized carbons (Fsp3) is 1.00. The van der Waals surface area contributed by atoms with Crippen molar-refractivity contribution in [3.05, 3.63) is 0 Å². The Hall–Kier alpha value is -0.0800. The molecular formula is C16H36N2. The lowest BCUT2D eigenvalue weighted by Gasteiger charge is -2.35. The topological polar surface area (TPSA) is 15.3 Å². The van der Waals surface area contributed by atoms with Crippen LogP contribution in [0.4, 0.5) is 0 Å². The number of rotatable bonds is 9. The van der Waals surface area contributed by atoms with Gasteiger partial charge in [0.1, 0.15) is 0 Å². The first kappa shape index (κ1) is 17.9. The van der Waals surface area contributed by atoms with Gasteiger partial charge in [0.15, 0.2) is 0 Å². The van der Waals surface area contributed by atoms with Gasteiger partial charge in [-0.05, 0) is 44.2 Å². The van der Waals surface area contributed by atoms with Crippen molar-refractivity contribution in [2.45, 2.75) is 60.9 Å². The molecule has 0 aliphatic carbocycles. The zero-order valence-electron chi connectivity index (χ0n) is 14.0. The van der Waals surface area contributed by atoms with Crippen LogP contribution in [0.3, 0.4) is 0 Å². The molecule has 1 atom stereocenters. The number of nitrogens with zero attached hydrogens (tertiary/aromatic N) is 1. The van der Waals surface area contributed by atoms with E-state index in [1.54, 1.807) is 0 Å². The van der Waals surface area contributed by atoms with Crippen molar-refractivity contribution in [1.82, 2.24) is 10.2 Å². The maximum Gasteiger partial charge on any atom is 0.00665 e. The summed E-state index contributed by atoms with van der Waals surface area (Å²) in [5.41, 5.74) is 0.342. The monoisotopic (exact) mass is 256 g/mol. The van der Waals surface area contributed by atoms with Gasteiger partial charge < -0.3 is 10.2 Å². The SMILES string of the molecule is CC(C)CNCC(C)(C)CN(C)C(C)CC(C)C. The van der Waals surface area contributed by atoms with Crippen LogP contribution in [-0.4, -0.2) is 37.6 Å².